The molecule has 0 aromatic heterocycles. The first-order valence-corrected chi connectivity index (χ1v) is 10.9. The highest BCUT2D eigenvalue weighted by Gasteiger charge is 2.32. The van der Waals surface area contributed by atoms with Crippen LogP contribution in [-0.2, 0) is 0 Å². The van der Waals surface area contributed by atoms with Crippen molar-refractivity contribution in [1.82, 2.24) is 10.2 Å². The van der Waals surface area contributed by atoms with Crippen molar-refractivity contribution in [3.05, 3.63) is 71.8 Å². The minimum Gasteiger partial charge on any atom is -0.365 e. The van der Waals surface area contributed by atoms with E-state index in [4.69, 9.17) is 4.99 Å². The summed E-state index contributed by atoms with van der Waals surface area (Å²) in [6.45, 7) is 22.5. The van der Waals surface area contributed by atoms with Gasteiger partial charge in [-0.25, -0.2) is 4.99 Å². The molecule has 1 fully saturated rings. The van der Waals surface area contributed by atoms with Gasteiger partial charge in [0.15, 0.2) is 0 Å². The van der Waals surface area contributed by atoms with E-state index in [2.05, 4.69) is 89.2 Å². The third-order valence-corrected chi connectivity index (χ3v) is 5.26. The van der Waals surface area contributed by atoms with E-state index in [9.17, 15) is 0 Å². The SMILES string of the molecule is C=CC(NC1=C2C(=CC(=C)C=N1)C[C@@H](C)N2CCC)C(C=C(C)C)/C=C/C(C)C. The topological polar surface area (TPSA) is 27.6 Å². The molecule has 2 aliphatic heterocycles. The molecule has 2 heterocycles. The van der Waals surface area contributed by atoms with Crippen LogP contribution in [0.5, 0.6) is 0 Å². The van der Waals surface area contributed by atoms with Crippen LogP contribution in [0.2, 0.25) is 0 Å². The molecule has 2 aliphatic rings. The third kappa shape index (κ3) is 6.09. The maximum atomic E-state index is 4.82. The lowest BCUT2D eigenvalue weighted by molar-refractivity contribution is 0.306. The summed E-state index contributed by atoms with van der Waals surface area (Å²) in [7, 11) is 0. The Morgan fingerprint density at radius 2 is 2.07 bits per heavy atom. The van der Waals surface area contributed by atoms with Crippen LogP contribution in [0, 0.1) is 11.8 Å². The highest BCUT2D eigenvalue weighted by Crippen LogP contribution is 2.36. The Labute approximate surface area is 178 Å². The molecule has 3 nitrogen and oxygen atoms in total. The van der Waals surface area contributed by atoms with Gasteiger partial charge in [0.2, 0.25) is 0 Å². The second-order valence-corrected chi connectivity index (χ2v) is 8.80. The third-order valence-electron chi connectivity index (χ3n) is 5.26. The molecule has 3 heteroatoms. The van der Waals surface area contributed by atoms with Gasteiger partial charge in [-0.3, -0.25) is 0 Å². The number of fused-ring (bicyclic) bond motifs is 1. The fourth-order valence-corrected chi connectivity index (χ4v) is 3.98. The Balaban J connectivity index is 2.46. The molecule has 2 unspecified atom stereocenters. The minimum atomic E-state index is 0.0616. The zero-order valence-electron chi connectivity index (χ0n) is 19.2. The molecule has 0 spiro atoms. The fraction of sp³-hybridized carbons (Fsp3) is 0.500. The van der Waals surface area contributed by atoms with Crippen LogP contribution in [-0.4, -0.2) is 29.7 Å². The minimum absolute atomic E-state index is 0.0616. The molecule has 0 bridgehead atoms. The van der Waals surface area contributed by atoms with E-state index in [1.165, 1.54) is 16.8 Å². The quantitative estimate of drug-likeness (QED) is 0.475. The first kappa shape index (κ1) is 23.0. The highest BCUT2D eigenvalue weighted by molar-refractivity contribution is 5.84. The second-order valence-electron chi connectivity index (χ2n) is 8.80. The number of rotatable bonds is 9. The van der Waals surface area contributed by atoms with Gasteiger partial charge in [-0.1, -0.05) is 57.2 Å². The van der Waals surface area contributed by atoms with Crippen LogP contribution in [0.4, 0.5) is 0 Å². The average molecular weight is 394 g/mol. The van der Waals surface area contributed by atoms with E-state index < -0.39 is 0 Å². The van der Waals surface area contributed by atoms with Crippen LogP contribution >= 0.6 is 0 Å². The van der Waals surface area contributed by atoms with Crippen molar-refractivity contribution in [2.75, 3.05) is 6.54 Å². The predicted octanol–water partition coefficient (Wildman–Crippen LogP) is 6.17. The maximum absolute atomic E-state index is 4.82. The van der Waals surface area contributed by atoms with Gasteiger partial charge in [-0.05, 0) is 56.8 Å². The number of hydrogen-bond acceptors (Lipinski definition) is 3. The molecule has 29 heavy (non-hydrogen) atoms. The van der Waals surface area contributed by atoms with Crippen LogP contribution in [0.25, 0.3) is 0 Å². The number of nitrogens with one attached hydrogen (secondary N) is 1. The van der Waals surface area contributed by atoms with Gasteiger partial charge in [0.1, 0.15) is 5.82 Å². The van der Waals surface area contributed by atoms with Crippen LogP contribution in [0.1, 0.15) is 54.4 Å². The zero-order valence-corrected chi connectivity index (χ0v) is 19.2. The van der Waals surface area contributed by atoms with E-state index in [1.54, 1.807) is 0 Å². The lowest BCUT2D eigenvalue weighted by atomic mass is 9.95. The lowest BCUT2D eigenvalue weighted by Gasteiger charge is -2.28. The summed E-state index contributed by atoms with van der Waals surface area (Å²) < 4.78 is 0. The molecule has 2 rings (SSSR count). The van der Waals surface area contributed by atoms with E-state index >= 15 is 0 Å². The van der Waals surface area contributed by atoms with Gasteiger partial charge in [0.05, 0.1) is 11.7 Å². The summed E-state index contributed by atoms with van der Waals surface area (Å²) in [5, 5.41) is 3.72. The van der Waals surface area contributed by atoms with E-state index in [1.807, 2.05) is 12.3 Å². The van der Waals surface area contributed by atoms with E-state index in [0.29, 0.717) is 12.0 Å². The monoisotopic (exact) mass is 393 g/mol. The number of aliphatic imine (C=N–C) groups is 1. The zero-order chi connectivity index (χ0) is 21.6. The number of nitrogens with zero attached hydrogens (tertiary/aromatic N) is 2. The Bertz CT molecular complexity index is 757. The molecule has 0 saturated carbocycles. The smallest absolute Gasteiger partial charge is 0.150 e. The first-order chi connectivity index (χ1) is 13.8. The van der Waals surface area contributed by atoms with Crippen LogP contribution in [0.15, 0.2) is 76.8 Å². The molecule has 0 radical (unpaired) electrons. The first-order valence-electron chi connectivity index (χ1n) is 10.9. The highest BCUT2D eigenvalue weighted by atomic mass is 15.2. The molecular formula is C26H39N3. The summed E-state index contributed by atoms with van der Waals surface area (Å²) in [5.41, 5.74) is 4.81. The molecular weight excluding hydrogens is 354 g/mol. The molecule has 0 aromatic carbocycles. The van der Waals surface area contributed by atoms with Gasteiger partial charge < -0.3 is 10.2 Å². The van der Waals surface area contributed by atoms with Crippen molar-refractivity contribution in [2.24, 2.45) is 16.8 Å². The normalized spacial score (nSPS) is 21.2. The molecule has 0 aliphatic carbocycles. The lowest BCUT2D eigenvalue weighted by Crippen LogP contribution is -2.35. The van der Waals surface area contributed by atoms with Crippen LogP contribution in [0.3, 0.4) is 0 Å². The largest absolute Gasteiger partial charge is 0.365 e. The fourth-order valence-electron chi connectivity index (χ4n) is 3.98. The molecule has 158 valence electrons. The summed E-state index contributed by atoms with van der Waals surface area (Å²) in [6.07, 6.45) is 15.1. The van der Waals surface area contributed by atoms with Crippen molar-refractivity contribution >= 4 is 6.21 Å². The number of hydrogen-bond donors (Lipinski definition) is 1. The summed E-state index contributed by atoms with van der Waals surface area (Å²) in [4.78, 5) is 7.31. The van der Waals surface area contributed by atoms with Crippen molar-refractivity contribution in [1.29, 1.82) is 0 Å². The summed E-state index contributed by atoms with van der Waals surface area (Å²) >= 11 is 0. The average Bonchev–Trinajstić information content (AvgIpc) is 2.85. The Hall–Kier alpha value is -2.29. The van der Waals surface area contributed by atoms with E-state index in [0.717, 1.165) is 30.8 Å². The van der Waals surface area contributed by atoms with Gasteiger partial charge in [-0.15, -0.1) is 6.58 Å². The predicted molar refractivity (Wildman–Crippen MR) is 128 cm³/mol. The Morgan fingerprint density at radius 3 is 2.66 bits per heavy atom. The van der Waals surface area contributed by atoms with Crippen molar-refractivity contribution in [3.63, 3.8) is 0 Å². The van der Waals surface area contributed by atoms with E-state index in [-0.39, 0.29) is 12.0 Å². The second kappa shape index (κ2) is 10.5. The summed E-state index contributed by atoms with van der Waals surface area (Å²) in [5.74, 6) is 1.67. The van der Waals surface area contributed by atoms with Gasteiger partial charge >= 0.3 is 0 Å². The number of likely N-dealkylation sites (tertiary alicyclic amines) is 1. The van der Waals surface area contributed by atoms with Crippen LogP contribution < -0.4 is 5.32 Å². The Kier molecular flexibility index (Phi) is 8.31. The standard InChI is InChI=1S/C26H39N3/c1-9-13-29-21(8)16-23-15-20(7)17-27-26(25(23)29)28-24(10-2)22(14-19(5)6)12-11-18(3)4/h10-12,14-15,17-18,21-22,24,28H,2,7,9,13,16H2,1,3-6,8H3/b12-11+/t21-,22?,24?/m1/s1. The van der Waals surface area contributed by atoms with Crippen molar-refractivity contribution in [3.8, 4) is 0 Å². The molecule has 0 amide bonds. The Morgan fingerprint density at radius 1 is 1.34 bits per heavy atom. The summed E-state index contributed by atoms with van der Waals surface area (Å²) in [6, 6.07) is 0.539. The molecule has 1 saturated heterocycles. The van der Waals surface area contributed by atoms with Crippen molar-refractivity contribution < 1.29 is 0 Å². The number of allylic oxidation sites excluding steroid dienone is 5. The molecule has 0 aromatic rings. The van der Waals surface area contributed by atoms with Crippen molar-refractivity contribution in [2.45, 2.75) is 66.5 Å². The van der Waals surface area contributed by atoms with Gasteiger partial charge in [0.25, 0.3) is 0 Å². The van der Waals surface area contributed by atoms with Gasteiger partial charge in [0, 0.05) is 24.7 Å². The molecule has 1 N–H and O–H groups in total. The maximum Gasteiger partial charge on any atom is 0.150 e. The van der Waals surface area contributed by atoms with Gasteiger partial charge in [-0.2, -0.15) is 0 Å². The molecule has 3 atom stereocenters.